The van der Waals surface area contributed by atoms with E-state index in [0.717, 1.165) is 16.8 Å². The number of sulfonamides is 1. The summed E-state index contributed by atoms with van der Waals surface area (Å²) in [5.41, 5.74) is 3.07. The summed E-state index contributed by atoms with van der Waals surface area (Å²) in [6.07, 6.45) is 0. The average Bonchev–Trinajstić information content (AvgIpc) is 2.77. The van der Waals surface area contributed by atoms with Crippen LogP contribution in [0.5, 0.6) is 0 Å². The molecule has 0 spiro atoms. The summed E-state index contributed by atoms with van der Waals surface area (Å²) in [6.45, 7) is 4.37. The first kappa shape index (κ1) is 21.7. The number of anilines is 1. The number of benzene rings is 3. The van der Waals surface area contributed by atoms with Crippen LogP contribution in [0.2, 0.25) is 0 Å². The zero-order valence-corrected chi connectivity index (χ0v) is 18.2. The van der Waals surface area contributed by atoms with Crippen molar-refractivity contribution in [3.8, 4) is 0 Å². The Balaban J connectivity index is 1.80. The molecular weight excluding hydrogens is 396 g/mol. The summed E-state index contributed by atoms with van der Waals surface area (Å²) in [5.74, 6) is 0.0774. The van der Waals surface area contributed by atoms with Crippen molar-refractivity contribution in [3.63, 3.8) is 0 Å². The number of hydrogen-bond donors (Lipinski definition) is 1. The Labute approximate surface area is 178 Å². The topological polar surface area (TPSA) is 66.5 Å². The average molecular weight is 423 g/mol. The van der Waals surface area contributed by atoms with Crippen LogP contribution in [0.4, 0.5) is 5.69 Å². The molecule has 1 amide bonds. The molecule has 3 aromatic carbocycles. The molecule has 0 aliphatic heterocycles. The Morgan fingerprint density at radius 2 is 1.63 bits per heavy atom. The number of carbonyl (C=O) groups is 1. The SMILES string of the molecule is CC(C)c1cccc(N(C)C(=O)c2cccc(S(=O)(=O)NCc3ccccc3)c2)c1. The number of nitrogens with one attached hydrogen (secondary N) is 1. The molecule has 0 atom stereocenters. The monoisotopic (exact) mass is 422 g/mol. The van der Waals surface area contributed by atoms with Crippen LogP contribution in [0, 0.1) is 0 Å². The van der Waals surface area contributed by atoms with E-state index in [0.29, 0.717) is 11.5 Å². The molecule has 30 heavy (non-hydrogen) atoms. The van der Waals surface area contributed by atoms with Crippen molar-refractivity contribution in [3.05, 3.63) is 95.6 Å². The lowest BCUT2D eigenvalue weighted by Crippen LogP contribution is -2.27. The van der Waals surface area contributed by atoms with E-state index >= 15 is 0 Å². The predicted octanol–water partition coefficient (Wildman–Crippen LogP) is 4.57. The Bertz CT molecular complexity index is 1130. The van der Waals surface area contributed by atoms with Gasteiger partial charge in [0.2, 0.25) is 10.0 Å². The third-order valence-corrected chi connectivity index (χ3v) is 6.33. The summed E-state index contributed by atoms with van der Waals surface area (Å²) in [4.78, 5) is 14.6. The second-order valence-corrected chi connectivity index (χ2v) is 9.22. The van der Waals surface area contributed by atoms with Crippen molar-refractivity contribution < 1.29 is 13.2 Å². The molecule has 0 aliphatic rings. The van der Waals surface area contributed by atoms with Gasteiger partial charge in [0.25, 0.3) is 5.91 Å². The highest BCUT2D eigenvalue weighted by molar-refractivity contribution is 7.89. The fraction of sp³-hybridized carbons (Fsp3) is 0.208. The van der Waals surface area contributed by atoms with Gasteiger partial charge in [0.15, 0.2) is 0 Å². The first-order chi connectivity index (χ1) is 14.3. The van der Waals surface area contributed by atoms with Gasteiger partial charge in [0.05, 0.1) is 4.90 Å². The molecular formula is C24H26N2O3S. The van der Waals surface area contributed by atoms with Crippen LogP contribution in [0.15, 0.2) is 83.8 Å². The maximum absolute atomic E-state index is 13.0. The van der Waals surface area contributed by atoms with E-state index in [9.17, 15) is 13.2 Å². The molecule has 0 saturated heterocycles. The highest BCUT2D eigenvalue weighted by Crippen LogP contribution is 2.23. The maximum Gasteiger partial charge on any atom is 0.258 e. The smallest absolute Gasteiger partial charge is 0.258 e. The summed E-state index contributed by atoms with van der Waals surface area (Å²) in [6, 6.07) is 23.2. The van der Waals surface area contributed by atoms with Crippen molar-refractivity contribution >= 4 is 21.6 Å². The van der Waals surface area contributed by atoms with Crippen LogP contribution in [0.25, 0.3) is 0 Å². The van der Waals surface area contributed by atoms with Gasteiger partial charge in [0, 0.05) is 24.8 Å². The number of hydrogen-bond acceptors (Lipinski definition) is 3. The van der Waals surface area contributed by atoms with Crippen molar-refractivity contribution in [2.24, 2.45) is 0 Å². The Morgan fingerprint density at radius 1 is 0.933 bits per heavy atom. The molecule has 156 valence electrons. The highest BCUT2D eigenvalue weighted by atomic mass is 32.2. The molecule has 0 aliphatic carbocycles. The summed E-state index contributed by atoms with van der Waals surface area (Å²) in [5, 5.41) is 0. The first-order valence-corrected chi connectivity index (χ1v) is 11.3. The second kappa shape index (κ2) is 9.24. The van der Waals surface area contributed by atoms with Crippen molar-refractivity contribution in [1.29, 1.82) is 0 Å². The highest BCUT2D eigenvalue weighted by Gasteiger charge is 2.19. The lowest BCUT2D eigenvalue weighted by atomic mass is 10.0. The largest absolute Gasteiger partial charge is 0.311 e. The third kappa shape index (κ3) is 5.14. The van der Waals surface area contributed by atoms with Crippen LogP contribution < -0.4 is 9.62 Å². The van der Waals surface area contributed by atoms with E-state index in [1.54, 1.807) is 19.2 Å². The van der Waals surface area contributed by atoms with Gasteiger partial charge in [-0.1, -0.05) is 62.4 Å². The van der Waals surface area contributed by atoms with Gasteiger partial charge in [-0.25, -0.2) is 13.1 Å². The molecule has 0 unspecified atom stereocenters. The minimum absolute atomic E-state index is 0.0635. The minimum Gasteiger partial charge on any atom is -0.311 e. The Hall–Kier alpha value is -2.96. The zero-order valence-electron chi connectivity index (χ0n) is 17.4. The van der Waals surface area contributed by atoms with Gasteiger partial charge in [-0.3, -0.25) is 4.79 Å². The number of carbonyl (C=O) groups excluding carboxylic acids is 1. The summed E-state index contributed by atoms with van der Waals surface area (Å²) in [7, 11) is -2.05. The molecule has 5 nitrogen and oxygen atoms in total. The van der Waals surface area contributed by atoms with E-state index in [-0.39, 0.29) is 17.3 Å². The summed E-state index contributed by atoms with van der Waals surface area (Å²) >= 11 is 0. The lowest BCUT2D eigenvalue weighted by Gasteiger charge is -2.19. The van der Waals surface area contributed by atoms with E-state index in [4.69, 9.17) is 0 Å². The van der Waals surface area contributed by atoms with E-state index in [2.05, 4.69) is 18.6 Å². The van der Waals surface area contributed by atoms with Gasteiger partial charge in [-0.15, -0.1) is 0 Å². The predicted molar refractivity (Wildman–Crippen MR) is 120 cm³/mol. The standard InChI is InChI=1S/C24H26N2O3S/c1-18(2)20-11-7-13-22(15-20)26(3)24(27)21-12-8-14-23(16-21)30(28,29)25-17-19-9-5-4-6-10-19/h4-16,18,25H,17H2,1-3H3. The maximum atomic E-state index is 13.0. The van der Waals surface area contributed by atoms with Crippen LogP contribution in [0.1, 0.15) is 41.3 Å². The molecule has 3 rings (SSSR count). The number of rotatable bonds is 7. The summed E-state index contributed by atoms with van der Waals surface area (Å²) < 4.78 is 28.0. The first-order valence-electron chi connectivity index (χ1n) is 9.79. The minimum atomic E-state index is -3.74. The molecule has 0 fully saturated rings. The fourth-order valence-corrected chi connectivity index (χ4v) is 4.12. The van der Waals surface area contributed by atoms with Crippen LogP contribution in [-0.2, 0) is 16.6 Å². The van der Waals surface area contributed by atoms with Crippen molar-refractivity contribution in [1.82, 2.24) is 4.72 Å². The van der Waals surface area contributed by atoms with Gasteiger partial charge in [-0.05, 0) is 47.4 Å². The van der Waals surface area contributed by atoms with E-state index in [1.807, 2.05) is 54.6 Å². The Morgan fingerprint density at radius 3 is 2.33 bits per heavy atom. The van der Waals surface area contributed by atoms with Crippen LogP contribution in [0.3, 0.4) is 0 Å². The fourth-order valence-electron chi connectivity index (χ4n) is 3.06. The van der Waals surface area contributed by atoms with Gasteiger partial charge >= 0.3 is 0 Å². The molecule has 0 aromatic heterocycles. The second-order valence-electron chi connectivity index (χ2n) is 7.45. The number of amides is 1. The molecule has 6 heteroatoms. The van der Waals surface area contributed by atoms with Crippen LogP contribution >= 0.6 is 0 Å². The quantitative estimate of drug-likeness (QED) is 0.607. The van der Waals surface area contributed by atoms with E-state index in [1.165, 1.54) is 17.0 Å². The molecule has 1 N–H and O–H groups in total. The normalized spacial score (nSPS) is 11.5. The van der Waals surface area contributed by atoms with Gasteiger partial charge in [0.1, 0.15) is 0 Å². The lowest BCUT2D eigenvalue weighted by molar-refractivity contribution is 0.0993. The molecule has 3 aromatic rings. The Kier molecular flexibility index (Phi) is 6.70. The van der Waals surface area contributed by atoms with Crippen LogP contribution in [-0.4, -0.2) is 21.4 Å². The van der Waals surface area contributed by atoms with Crippen molar-refractivity contribution in [2.75, 3.05) is 11.9 Å². The molecule has 0 saturated carbocycles. The van der Waals surface area contributed by atoms with E-state index < -0.39 is 10.0 Å². The van der Waals surface area contributed by atoms with Gasteiger partial charge in [-0.2, -0.15) is 0 Å². The third-order valence-electron chi connectivity index (χ3n) is 4.93. The molecule has 0 bridgehead atoms. The van der Waals surface area contributed by atoms with Crippen molar-refractivity contribution in [2.45, 2.75) is 31.2 Å². The molecule has 0 heterocycles. The number of nitrogens with zero attached hydrogens (tertiary/aromatic N) is 1. The molecule has 0 radical (unpaired) electrons. The van der Waals surface area contributed by atoms with Gasteiger partial charge < -0.3 is 4.90 Å². The zero-order chi connectivity index (χ0) is 21.7.